The highest BCUT2D eigenvalue weighted by Gasteiger charge is 2.72. The summed E-state index contributed by atoms with van der Waals surface area (Å²) in [4.78, 5) is 13.8. The fraction of sp³-hybridized carbons (Fsp3) is 0.864. The third-order valence-electron chi connectivity index (χ3n) is 9.60. The van der Waals surface area contributed by atoms with Crippen molar-refractivity contribution in [2.75, 3.05) is 19.5 Å². The first-order chi connectivity index (χ1) is 13.2. The van der Waals surface area contributed by atoms with Gasteiger partial charge in [0.15, 0.2) is 0 Å². The number of hydrogen-bond donors (Lipinski definition) is 0. The highest BCUT2D eigenvalue weighted by molar-refractivity contribution is 7.90. The molecule has 5 rings (SSSR count). The topological polar surface area (TPSA) is 63.7 Å². The first-order valence-electron chi connectivity index (χ1n) is 10.9. The minimum absolute atomic E-state index is 0.00281. The zero-order valence-corrected chi connectivity index (χ0v) is 18.1. The first kappa shape index (κ1) is 19.1. The highest BCUT2D eigenvalue weighted by Crippen LogP contribution is 2.70. The maximum absolute atomic E-state index is 13.8. The van der Waals surface area contributed by atoms with E-state index in [2.05, 4.69) is 26.0 Å². The molecule has 4 aliphatic carbocycles. The molecule has 1 spiro atoms. The average Bonchev–Trinajstić information content (AvgIpc) is 3.25. The van der Waals surface area contributed by atoms with Crippen LogP contribution < -0.4 is 0 Å². The summed E-state index contributed by atoms with van der Waals surface area (Å²) in [6.45, 7) is 5.09. The fourth-order valence-electron chi connectivity index (χ4n) is 8.03. The Bertz CT molecular complexity index is 833. The van der Waals surface area contributed by atoms with Crippen molar-refractivity contribution in [1.29, 1.82) is 0 Å². The molecule has 28 heavy (non-hydrogen) atoms. The van der Waals surface area contributed by atoms with Gasteiger partial charge < -0.3 is 4.74 Å². The number of carbonyl (C=O) groups is 1. The van der Waals surface area contributed by atoms with Crippen LogP contribution in [0.3, 0.4) is 0 Å². The number of rotatable bonds is 3. The van der Waals surface area contributed by atoms with E-state index in [1.165, 1.54) is 4.31 Å². The summed E-state index contributed by atoms with van der Waals surface area (Å²) in [5.74, 6) is 0.608. The van der Waals surface area contributed by atoms with Crippen LogP contribution in [-0.2, 0) is 19.6 Å². The van der Waals surface area contributed by atoms with Crippen molar-refractivity contribution in [3.8, 4) is 0 Å². The Morgan fingerprint density at radius 2 is 2.00 bits per heavy atom. The molecule has 6 heteroatoms. The Hall–Kier alpha value is -0.880. The lowest BCUT2D eigenvalue weighted by molar-refractivity contribution is -0.135. The van der Waals surface area contributed by atoms with E-state index in [0.717, 1.165) is 44.9 Å². The van der Waals surface area contributed by atoms with Crippen molar-refractivity contribution in [1.82, 2.24) is 4.31 Å². The van der Waals surface area contributed by atoms with Gasteiger partial charge in [-0.15, -0.1) is 0 Å². The van der Waals surface area contributed by atoms with Crippen molar-refractivity contribution in [3.05, 3.63) is 12.2 Å². The van der Waals surface area contributed by atoms with Crippen LogP contribution in [0.5, 0.6) is 0 Å². The van der Waals surface area contributed by atoms with E-state index in [-0.39, 0.29) is 45.8 Å². The third kappa shape index (κ3) is 2.17. The van der Waals surface area contributed by atoms with Gasteiger partial charge in [-0.2, -0.15) is 0 Å². The predicted molar refractivity (Wildman–Crippen MR) is 107 cm³/mol. The summed E-state index contributed by atoms with van der Waals surface area (Å²) in [7, 11) is -1.82. The number of fused-ring (bicyclic) bond motifs is 2. The maximum atomic E-state index is 13.8. The minimum atomic E-state index is -3.53. The van der Waals surface area contributed by atoms with Gasteiger partial charge in [-0.05, 0) is 62.2 Å². The molecule has 1 heterocycles. The van der Waals surface area contributed by atoms with Crippen LogP contribution in [0, 0.1) is 34.0 Å². The Balaban J connectivity index is 1.49. The monoisotopic (exact) mass is 407 g/mol. The van der Waals surface area contributed by atoms with E-state index >= 15 is 0 Å². The summed E-state index contributed by atoms with van der Waals surface area (Å²) in [6, 6.07) is -0.115. The van der Waals surface area contributed by atoms with Crippen LogP contribution >= 0.6 is 0 Å². The Morgan fingerprint density at radius 1 is 1.21 bits per heavy atom. The number of hydrogen-bond acceptors (Lipinski definition) is 4. The van der Waals surface area contributed by atoms with Crippen molar-refractivity contribution in [3.63, 3.8) is 0 Å². The van der Waals surface area contributed by atoms with Gasteiger partial charge in [0, 0.05) is 23.9 Å². The molecule has 0 radical (unpaired) electrons. The normalized spacial score (nSPS) is 47.3. The lowest BCUT2D eigenvalue weighted by Gasteiger charge is -2.39. The number of nitrogens with zero attached hydrogens (tertiary/aromatic N) is 1. The van der Waals surface area contributed by atoms with Crippen molar-refractivity contribution in [2.45, 2.75) is 64.8 Å². The van der Waals surface area contributed by atoms with Gasteiger partial charge in [-0.25, -0.2) is 12.7 Å². The van der Waals surface area contributed by atoms with Crippen molar-refractivity contribution in [2.24, 2.45) is 34.0 Å². The van der Waals surface area contributed by atoms with Gasteiger partial charge >= 0.3 is 0 Å². The van der Waals surface area contributed by atoms with Gasteiger partial charge in [-0.1, -0.05) is 26.0 Å². The summed E-state index contributed by atoms with van der Waals surface area (Å²) < 4.78 is 33.5. The Morgan fingerprint density at radius 3 is 2.71 bits per heavy atom. The van der Waals surface area contributed by atoms with E-state index < -0.39 is 10.0 Å². The van der Waals surface area contributed by atoms with E-state index in [1.807, 2.05) is 0 Å². The van der Waals surface area contributed by atoms with E-state index in [1.54, 1.807) is 7.11 Å². The largest absolute Gasteiger partial charge is 0.384 e. The number of sulfonamides is 1. The molecule has 5 nitrogen and oxygen atoms in total. The fourth-order valence-corrected chi connectivity index (χ4v) is 10.6. The van der Waals surface area contributed by atoms with Gasteiger partial charge in [0.2, 0.25) is 15.9 Å². The van der Waals surface area contributed by atoms with Gasteiger partial charge in [0.25, 0.3) is 0 Å². The molecule has 0 unspecified atom stereocenters. The molecule has 3 saturated carbocycles. The molecule has 5 aliphatic rings. The molecule has 2 bridgehead atoms. The summed E-state index contributed by atoms with van der Waals surface area (Å²) in [5, 5.41) is 0. The lowest BCUT2D eigenvalue weighted by Crippen LogP contribution is -2.48. The highest BCUT2D eigenvalue weighted by atomic mass is 32.2. The van der Waals surface area contributed by atoms with Crippen molar-refractivity contribution >= 4 is 15.9 Å². The molecule has 0 N–H and O–H groups in total. The number of ether oxygens (including phenoxy) is 1. The summed E-state index contributed by atoms with van der Waals surface area (Å²) >= 11 is 0. The standard InChI is InChI=1S/C22H33NO4S/c1-20(2)15-7-11-22(20)14-28(25,26)23(18(22)12-15)19(24)16-8-10-21(13-27-3)9-5-4-6-17(16)21/h5,9,15-18H,4,6-8,10-14H2,1-3H3/t15-,16-,17+,18-,21-,22-/m1/s1. The van der Waals surface area contributed by atoms with Crippen LogP contribution in [0.15, 0.2) is 12.2 Å². The molecular weight excluding hydrogens is 374 g/mol. The number of methoxy groups -OCH3 is 1. The van der Waals surface area contributed by atoms with Crippen molar-refractivity contribution < 1.29 is 17.9 Å². The molecule has 1 amide bonds. The van der Waals surface area contributed by atoms with Crippen LogP contribution in [0.2, 0.25) is 0 Å². The van der Waals surface area contributed by atoms with Crippen LogP contribution in [0.25, 0.3) is 0 Å². The molecule has 156 valence electrons. The second-order valence-corrected chi connectivity index (χ2v) is 12.5. The van der Waals surface area contributed by atoms with Crippen LogP contribution in [0.1, 0.15) is 58.8 Å². The van der Waals surface area contributed by atoms with Crippen LogP contribution in [-0.4, -0.2) is 44.1 Å². The number of amides is 1. The first-order valence-corrected chi connectivity index (χ1v) is 12.5. The quantitative estimate of drug-likeness (QED) is 0.673. The Labute approximate surface area is 168 Å². The zero-order chi connectivity index (χ0) is 19.9. The summed E-state index contributed by atoms with van der Waals surface area (Å²) in [6.07, 6.45) is 11.0. The molecule has 0 aromatic heterocycles. The van der Waals surface area contributed by atoms with Gasteiger partial charge in [-0.3, -0.25) is 4.79 Å². The van der Waals surface area contributed by atoms with E-state index in [0.29, 0.717) is 12.5 Å². The number of carbonyl (C=O) groups excluding carboxylic acids is 1. The molecule has 6 atom stereocenters. The van der Waals surface area contributed by atoms with Crippen LogP contribution in [0.4, 0.5) is 0 Å². The molecular formula is C22H33NO4S. The SMILES string of the molecule is COC[C@]12C=CCC[C@H]1[C@H](C(=O)N1[C@@H]3C[C@H]4CC[C@]3(CS1(=O)=O)C4(C)C)CC2. The second kappa shape index (κ2) is 5.84. The van der Waals surface area contributed by atoms with E-state index in [4.69, 9.17) is 4.74 Å². The lowest BCUT2D eigenvalue weighted by atomic mass is 9.68. The zero-order valence-electron chi connectivity index (χ0n) is 17.3. The van der Waals surface area contributed by atoms with Gasteiger partial charge in [0.05, 0.1) is 18.4 Å². The Kier molecular flexibility index (Phi) is 3.99. The van der Waals surface area contributed by atoms with E-state index in [9.17, 15) is 13.2 Å². The summed E-state index contributed by atoms with van der Waals surface area (Å²) in [5.41, 5.74) is -0.327. The minimum Gasteiger partial charge on any atom is -0.384 e. The molecule has 1 saturated heterocycles. The number of allylic oxidation sites excluding steroid dienone is 1. The average molecular weight is 408 g/mol. The smallest absolute Gasteiger partial charge is 0.239 e. The van der Waals surface area contributed by atoms with Gasteiger partial charge in [0.1, 0.15) is 0 Å². The molecule has 0 aromatic rings. The molecule has 4 fully saturated rings. The second-order valence-electron chi connectivity index (χ2n) is 10.7. The third-order valence-corrected chi connectivity index (χ3v) is 11.5. The molecule has 0 aromatic carbocycles. The maximum Gasteiger partial charge on any atom is 0.239 e. The molecule has 1 aliphatic heterocycles. The predicted octanol–water partition coefficient (Wildman–Crippen LogP) is 3.36.